The highest BCUT2D eigenvalue weighted by atomic mass is 16.5. The molecule has 0 saturated heterocycles. The van der Waals surface area contributed by atoms with E-state index < -0.39 is 5.97 Å². The number of amides is 1. The van der Waals surface area contributed by atoms with Gasteiger partial charge in [-0.2, -0.15) is 0 Å². The summed E-state index contributed by atoms with van der Waals surface area (Å²) in [5.41, 5.74) is 0. The van der Waals surface area contributed by atoms with Crippen LogP contribution in [-0.4, -0.2) is 31.2 Å². The van der Waals surface area contributed by atoms with Crippen molar-refractivity contribution >= 4 is 18.1 Å². The lowest BCUT2D eigenvalue weighted by Crippen LogP contribution is -2.30. The highest BCUT2D eigenvalue weighted by Crippen LogP contribution is 1.89. The van der Waals surface area contributed by atoms with E-state index in [1.807, 2.05) is 0 Å². The summed E-state index contributed by atoms with van der Waals surface area (Å²) in [5, 5.41) is 9.42. The Hall–Kier alpha value is -1.39. The Bertz CT molecular complexity index is 216. The maximum atomic E-state index is 11.1. The molecule has 80 valence electrons. The Morgan fingerprint density at radius 3 is 2.71 bits per heavy atom. The van der Waals surface area contributed by atoms with Crippen LogP contribution in [0.25, 0.3) is 0 Å². The third-order valence-electron chi connectivity index (χ3n) is 1.52. The van der Waals surface area contributed by atoms with Crippen molar-refractivity contribution in [3.8, 4) is 0 Å². The lowest BCUT2D eigenvalue weighted by atomic mass is 10.2. The van der Waals surface area contributed by atoms with Crippen LogP contribution in [0.5, 0.6) is 0 Å². The minimum Gasteiger partial charge on any atom is -0.466 e. The molecule has 0 spiro atoms. The van der Waals surface area contributed by atoms with Crippen LogP contribution >= 0.6 is 0 Å². The monoisotopic (exact) mass is 200 g/mol. The topological polar surface area (TPSA) is 79.2 Å². The normalized spacial score (nSPS) is 11.6. The molecule has 0 aromatic heterocycles. The minimum atomic E-state index is -0.521. The van der Waals surface area contributed by atoms with Crippen LogP contribution in [0.4, 0.5) is 0 Å². The molecular weight excluding hydrogens is 184 g/mol. The molecular formula is C9H16N2O3. The quantitative estimate of drug-likeness (QED) is 0.368. The van der Waals surface area contributed by atoms with Crippen molar-refractivity contribution < 1.29 is 14.3 Å². The first-order valence-corrected chi connectivity index (χ1v) is 4.53. The van der Waals surface area contributed by atoms with Crippen molar-refractivity contribution in [1.82, 2.24) is 5.32 Å². The minimum absolute atomic E-state index is 0.0128. The molecule has 0 aliphatic rings. The highest BCUT2D eigenvalue weighted by molar-refractivity contribution is 5.94. The van der Waals surface area contributed by atoms with Gasteiger partial charge in [0, 0.05) is 12.5 Å². The number of nitrogens with one attached hydrogen (secondary N) is 2. The smallest absolute Gasteiger partial charge is 0.315 e. The summed E-state index contributed by atoms with van der Waals surface area (Å²) in [6.45, 7) is 4.15. The summed E-state index contributed by atoms with van der Waals surface area (Å²) in [7, 11) is 0. The Labute approximate surface area is 83.3 Å². The zero-order valence-corrected chi connectivity index (χ0v) is 8.50. The molecule has 0 heterocycles. The Morgan fingerprint density at radius 1 is 1.57 bits per heavy atom. The van der Waals surface area contributed by atoms with Gasteiger partial charge in [0.25, 0.3) is 0 Å². The van der Waals surface area contributed by atoms with Crippen LogP contribution in [0.1, 0.15) is 20.3 Å². The third-order valence-corrected chi connectivity index (χ3v) is 1.52. The first kappa shape index (κ1) is 12.6. The molecule has 0 aliphatic heterocycles. The molecule has 5 nitrogen and oxygen atoms in total. The number of carbonyl (C=O) groups excluding carboxylic acids is 2. The predicted octanol–water partition coefficient (Wildman–Crippen LogP) is 0.341. The maximum absolute atomic E-state index is 11.1. The van der Waals surface area contributed by atoms with Gasteiger partial charge in [-0.05, 0) is 13.1 Å². The molecule has 0 fully saturated rings. The van der Waals surface area contributed by atoms with E-state index in [0.29, 0.717) is 6.54 Å². The fourth-order valence-electron chi connectivity index (χ4n) is 0.739. The molecule has 0 saturated carbocycles. The van der Waals surface area contributed by atoms with Gasteiger partial charge in [-0.15, -0.1) is 0 Å². The molecule has 0 aliphatic carbocycles. The molecule has 1 amide bonds. The van der Waals surface area contributed by atoms with Crippen LogP contribution in [0.15, 0.2) is 0 Å². The lowest BCUT2D eigenvalue weighted by Gasteiger charge is -2.06. The van der Waals surface area contributed by atoms with Crippen molar-refractivity contribution in [3.63, 3.8) is 0 Å². The van der Waals surface area contributed by atoms with E-state index in [1.165, 1.54) is 6.21 Å². The number of carbonyl (C=O) groups is 2. The third kappa shape index (κ3) is 6.16. The van der Waals surface area contributed by atoms with E-state index in [-0.39, 0.29) is 24.9 Å². The zero-order valence-electron chi connectivity index (χ0n) is 8.50. The average Bonchev–Trinajstić information content (AvgIpc) is 2.14. The fourth-order valence-corrected chi connectivity index (χ4v) is 0.739. The van der Waals surface area contributed by atoms with E-state index in [2.05, 4.69) is 10.1 Å². The van der Waals surface area contributed by atoms with Crippen molar-refractivity contribution in [2.45, 2.75) is 20.3 Å². The molecule has 2 N–H and O–H groups in total. The van der Waals surface area contributed by atoms with Crippen molar-refractivity contribution in [1.29, 1.82) is 5.41 Å². The standard InChI is InChI=1S/C9H16N2O3/c1-3-14-9(13)4-8(12)11-6-7(2)5-10/h5,7,10H,3-4,6H2,1-2H3,(H,11,12). The van der Waals surface area contributed by atoms with Crippen molar-refractivity contribution in [2.24, 2.45) is 5.92 Å². The maximum Gasteiger partial charge on any atom is 0.315 e. The molecule has 14 heavy (non-hydrogen) atoms. The van der Waals surface area contributed by atoms with Gasteiger partial charge in [0.2, 0.25) is 5.91 Å². The number of rotatable bonds is 6. The van der Waals surface area contributed by atoms with E-state index in [9.17, 15) is 9.59 Å². The fraction of sp³-hybridized carbons (Fsp3) is 0.667. The largest absolute Gasteiger partial charge is 0.466 e. The summed E-state index contributed by atoms with van der Waals surface area (Å²) in [6, 6.07) is 0. The molecule has 0 bridgehead atoms. The van der Waals surface area contributed by atoms with Gasteiger partial charge in [-0.3, -0.25) is 9.59 Å². The van der Waals surface area contributed by atoms with Crippen LogP contribution in [0.2, 0.25) is 0 Å². The Kier molecular flexibility index (Phi) is 6.36. The number of ether oxygens (including phenoxy) is 1. The Morgan fingerprint density at radius 2 is 2.21 bits per heavy atom. The molecule has 0 radical (unpaired) electrons. The van der Waals surface area contributed by atoms with Crippen LogP contribution in [-0.2, 0) is 14.3 Å². The summed E-state index contributed by atoms with van der Waals surface area (Å²) in [4.78, 5) is 21.9. The van der Waals surface area contributed by atoms with Gasteiger partial charge >= 0.3 is 5.97 Å². The van der Waals surface area contributed by atoms with Gasteiger partial charge in [0.1, 0.15) is 6.42 Å². The van der Waals surface area contributed by atoms with Crippen LogP contribution < -0.4 is 5.32 Å². The van der Waals surface area contributed by atoms with Crippen molar-refractivity contribution in [3.05, 3.63) is 0 Å². The van der Waals surface area contributed by atoms with Crippen LogP contribution in [0.3, 0.4) is 0 Å². The molecule has 0 rings (SSSR count). The van der Waals surface area contributed by atoms with Gasteiger partial charge in [-0.1, -0.05) is 6.92 Å². The second kappa shape index (κ2) is 7.06. The summed E-state index contributed by atoms with van der Waals surface area (Å²) >= 11 is 0. The SMILES string of the molecule is CCOC(=O)CC(=O)NCC(C)C=N. The van der Waals surface area contributed by atoms with Gasteiger partial charge in [0.15, 0.2) is 0 Å². The summed E-state index contributed by atoms with van der Waals surface area (Å²) in [6.07, 6.45) is 0.989. The molecule has 0 aromatic carbocycles. The van der Waals surface area contributed by atoms with Gasteiger partial charge in [0.05, 0.1) is 6.61 Å². The van der Waals surface area contributed by atoms with Gasteiger partial charge < -0.3 is 15.5 Å². The Balaban J connectivity index is 3.65. The average molecular weight is 200 g/mol. The van der Waals surface area contributed by atoms with E-state index >= 15 is 0 Å². The lowest BCUT2D eigenvalue weighted by molar-refractivity contribution is -0.145. The van der Waals surface area contributed by atoms with E-state index in [0.717, 1.165) is 0 Å². The van der Waals surface area contributed by atoms with E-state index in [1.54, 1.807) is 13.8 Å². The molecule has 1 unspecified atom stereocenters. The zero-order chi connectivity index (χ0) is 11.0. The van der Waals surface area contributed by atoms with Crippen molar-refractivity contribution in [2.75, 3.05) is 13.2 Å². The van der Waals surface area contributed by atoms with Gasteiger partial charge in [-0.25, -0.2) is 0 Å². The van der Waals surface area contributed by atoms with Crippen LogP contribution in [0, 0.1) is 11.3 Å². The second-order valence-corrected chi connectivity index (χ2v) is 2.93. The number of hydrogen-bond acceptors (Lipinski definition) is 4. The molecule has 5 heteroatoms. The first-order valence-electron chi connectivity index (χ1n) is 4.53. The highest BCUT2D eigenvalue weighted by Gasteiger charge is 2.09. The summed E-state index contributed by atoms with van der Waals surface area (Å²) < 4.78 is 4.60. The predicted molar refractivity (Wildman–Crippen MR) is 52.2 cm³/mol. The second-order valence-electron chi connectivity index (χ2n) is 2.93. The molecule has 1 atom stereocenters. The number of esters is 1. The number of hydrogen-bond donors (Lipinski definition) is 2. The van der Waals surface area contributed by atoms with E-state index in [4.69, 9.17) is 5.41 Å². The first-order chi connectivity index (χ1) is 6.60. The molecule has 0 aromatic rings. The summed E-state index contributed by atoms with van der Waals surface area (Å²) in [5.74, 6) is -0.897.